The Morgan fingerprint density at radius 1 is 1.08 bits per heavy atom. The Morgan fingerprint density at radius 2 is 1.67 bits per heavy atom. The standard InChI is InChI=1S/C18H25ClN2O3/c1-14(2)13-24-18(23)21-11-9-20(10-12-21)17(22)8-5-15-3-6-16(19)7-4-15/h3-4,6-7,14H,5,8-13H2,1-2H3. The minimum Gasteiger partial charge on any atom is -0.449 e. The summed E-state index contributed by atoms with van der Waals surface area (Å²) in [5, 5.41) is 0.700. The van der Waals surface area contributed by atoms with Crippen molar-refractivity contribution in [2.45, 2.75) is 26.7 Å². The number of nitrogens with zero attached hydrogens (tertiary/aromatic N) is 2. The maximum Gasteiger partial charge on any atom is 0.409 e. The smallest absolute Gasteiger partial charge is 0.409 e. The van der Waals surface area contributed by atoms with E-state index < -0.39 is 0 Å². The molecule has 2 rings (SSSR count). The summed E-state index contributed by atoms with van der Waals surface area (Å²) in [7, 11) is 0. The molecule has 0 saturated carbocycles. The van der Waals surface area contributed by atoms with Gasteiger partial charge in [0.1, 0.15) is 0 Å². The number of piperazine rings is 1. The number of carbonyl (C=O) groups excluding carboxylic acids is 2. The Bertz CT molecular complexity index is 552. The number of benzene rings is 1. The van der Waals surface area contributed by atoms with Crippen LogP contribution in [0.4, 0.5) is 4.79 Å². The van der Waals surface area contributed by atoms with Crippen molar-refractivity contribution >= 4 is 23.6 Å². The summed E-state index contributed by atoms with van der Waals surface area (Å²) in [6.45, 7) is 6.63. The molecular formula is C18H25ClN2O3. The van der Waals surface area contributed by atoms with E-state index in [-0.39, 0.29) is 12.0 Å². The van der Waals surface area contributed by atoms with Crippen LogP contribution < -0.4 is 0 Å². The fourth-order valence-electron chi connectivity index (χ4n) is 2.53. The molecule has 0 spiro atoms. The second-order valence-corrected chi connectivity index (χ2v) is 6.90. The highest BCUT2D eigenvalue weighted by molar-refractivity contribution is 6.30. The summed E-state index contributed by atoms with van der Waals surface area (Å²) in [4.78, 5) is 27.7. The summed E-state index contributed by atoms with van der Waals surface area (Å²) in [6, 6.07) is 7.56. The van der Waals surface area contributed by atoms with Gasteiger partial charge in [0.25, 0.3) is 0 Å². The van der Waals surface area contributed by atoms with E-state index in [0.717, 1.165) is 5.56 Å². The molecule has 0 unspecified atom stereocenters. The van der Waals surface area contributed by atoms with E-state index in [2.05, 4.69) is 0 Å². The third-order valence-corrected chi connectivity index (χ3v) is 4.22. The van der Waals surface area contributed by atoms with Gasteiger partial charge in [-0.15, -0.1) is 0 Å². The zero-order valence-electron chi connectivity index (χ0n) is 14.3. The molecule has 0 aromatic heterocycles. The van der Waals surface area contributed by atoms with Gasteiger partial charge in [0, 0.05) is 37.6 Å². The SMILES string of the molecule is CC(C)COC(=O)N1CCN(C(=O)CCc2ccc(Cl)cc2)CC1. The highest BCUT2D eigenvalue weighted by Gasteiger charge is 2.24. The number of hydrogen-bond acceptors (Lipinski definition) is 3. The highest BCUT2D eigenvalue weighted by atomic mass is 35.5. The first kappa shape index (κ1) is 18.6. The number of amides is 2. The molecular weight excluding hydrogens is 328 g/mol. The molecule has 1 saturated heterocycles. The average Bonchev–Trinajstić information content (AvgIpc) is 2.59. The molecule has 2 amide bonds. The number of aryl methyl sites for hydroxylation is 1. The predicted molar refractivity (Wildman–Crippen MR) is 94.1 cm³/mol. The average molecular weight is 353 g/mol. The van der Waals surface area contributed by atoms with Gasteiger partial charge in [0.05, 0.1) is 6.61 Å². The monoisotopic (exact) mass is 352 g/mol. The van der Waals surface area contributed by atoms with Crippen LogP contribution >= 0.6 is 11.6 Å². The Labute approximate surface area is 148 Å². The van der Waals surface area contributed by atoms with Crippen molar-refractivity contribution in [1.82, 2.24) is 9.80 Å². The van der Waals surface area contributed by atoms with Crippen LogP contribution in [-0.4, -0.2) is 54.6 Å². The molecule has 0 N–H and O–H groups in total. The molecule has 0 atom stereocenters. The number of ether oxygens (including phenoxy) is 1. The summed E-state index contributed by atoms with van der Waals surface area (Å²) in [6.07, 6.45) is 0.892. The molecule has 24 heavy (non-hydrogen) atoms. The van der Waals surface area contributed by atoms with Crippen molar-refractivity contribution in [3.05, 3.63) is 34.9 Å². The molecule has 132 valence electrons. The van der Waals surface area contributed by atoms with E-state index >= 15 is 0 Å². The molecule has 1 aromatic carbocycles. The quantitative estimate of drug-likeness (QED) is 0.817. The Balaban J connectivity index is 1.72. The zero-order valence-corrected chi connectivity index (χ0v) is 15.1. The van der Waals surface area contributed by atoms with Crippen molar-refractivity contribution < 1.29 is 14.3 Å². The van der Waals surface area contributed by atoms with Crippen LogP contribution in [0.3, 0.4) is 0 Å². The van der Waals surface area contributed by atoms with E-state index in [1.54, 1.807) is 4.90 Å². The topological polar surface area (TPSA) is 49.9 Å². The number of halogens is 1. The number of rotatable bonds is 5. The van der Waals surface area contributed by atoms with Crippen LogP contribution in [-0.2, 0) is 16.0 Å². The third kappa shape index (κ3) is 5.71. The molecule has 5 nitrogen and oxygen atoms in total. The maximum absolute atomic E-state index is 12.3. The van der Waals surface area contributed by atoms with E-state index in [0.29, 0.717) is 56.6 Å². The van der Waals surface area contributed by atoms with Crippen LogP contribution in [0.15, 0.2) is 24.3 Å². The fraction of sp³-hybridized carbons (Fsp3) is 0.556. The predicted octanol–water partition coefficient (Wildman–Crippen LogP) is 3.21. The van der Waals surface area contributed by atoms with Gasteiger partial charge < -0.3 is 14.5 Å². The van der Waals surface area contributed by atoms with Gasteiger partial charge in [-0.2, -0.15) is 0 Å². The van der Waals surface area contributed by atoms with Crippen LogP contribution in [0.2, 0.25) is 5.02 Å². The van der Waals surface area contributed by atoms with Crippen molar-refractivity contribution in [3.63, 3.8) is 0 Å². The second-order valence-electron chi connectivity index (χ2n) is 6.47. The molecule has 1 heterocycles. The lowest BCUT2D eigenvalue weighted by Crippen LogP contribution is -2.50. The van der Waals surface area contributed by atoms with Crippen LogP contribution in [0, 0.1) is 5.92 Å². The molecule has 1 aliphatic rings. The minimum absolute atomic E-state index is 0.125. The summed E-state index contributed by atoms with van der Waals surface area (Å²) < 4.78 is 5.23. The van der Waals surface area contributed by atoms with Crippen molar-refractivity contribution in [3.8, 4) is 0 Å². The molecule has 1 fully saturated rings. The van der Waals surface area contributed by atoms with E-state index in [1.807, 2.05) is 43.0 Å². The fourth-order valence-corrected chi connectivity index (χ4v) is 2.65. The van der Waals surface area contributed by atoms with E-state index in [1.165, 1.54) is 0 Å². The number of hydrogen-bond donors (Lipinski definition) is 0. The van der Waals surface area contributed by atoms with Gasteiger partial charge in [-0.05, 0) is 30.0 Å². The van der Waals surface area contributed by atoms with Gasteiger partial charge in [-0.1, -0.05) is 37.6 Å². The molecule has 1 aromatic rings. The van der Waals surface area contributed by atoms with Crippen LogP contribution in [0.25, 0.3) is 0 Å². The third-order valence-electron chi connectivity index (χ3n) is 3.97. The van der Waals surface area contributed by atoms with Gasteiger partial charge in [0.15, 0.2) is 0 Å². The normalized spacial score (nSPS) is 14.8. The van der Waals surface area contributed by atoms with E-state index in [9.17, 15) is 9.59 Å². The lowest BCUT2D eigenvalue weighted by atomic mass is 10.1. The lowest BCUT2D eigenvalue weighted by molar-refractivity contribution is -0.132. The lowest BCUT2D eigenvalue weighted by Gasteiger charge is -2.34. The Kier molecular flexibility index (Phi) is 6.91. The summed E-state index contributed by atoms with van der Waals surface area (Å²) in [5.74, 6) is 0.449. The first-order valence-electron chi connectivity index (χ1n) is 8.39. The molecule has 0 aliphatic carbocycles. The Morgan fingerprint density at radius 3 is 2.25 bits per heavy atom. The first-order chi connectivity index (χ1) is 11.5. The zero-order chi connectivity index (χ0) is 17.5. The summed E-state index contributed by atoms with van der Waals surface area (Å²) in [5.41, 5.74) is 1.10. The van der Waals surface area contributed by atoms with Crippen molar-refractivity contribution in [2.24, 2.45) is 5.92 Å². The van der Waals surface area contributed by atoms with Crippen LogP contribution in [0.1, 0.15) is 25.8 Å². The maximum atomic E-state index is 12.3. The van der Waals surface area contributed by atoms with Gasteiger partial charge >= 0.3 is 6.09 Å². The minimum atomic E-state index is -0.281. The largest absolute Gasteiger partial charge is 0.449 e. The van der Waals surface area contributed by atoms with Crippen LogP contribution in [0.5, 0.6) is 0 Å². The molecule has 0 bridgehead atoms. The highest BCUT2D eigenvalue weighted by Crippen LogP contribution is 2.12. The van der Waals surface area contributed by atoms with Gasteiger partial charge in [0.2, 0.25) is 5.91 Å². The van der Waals surface area contributed by atoms with E-state index in [4.69, 9.17) is 16.3 Å². The summed E-state index contributed by atoms with van der Waals surface area (Å²) >= 11 is 5.86. The first-order valence-corrected chi connectivity index (χ1v) is 8.77. The molecule has 0 radical (unpaired) electrons. The van der Waals surface area contributed by atoms with Crippen molar-refractivity contribution in [1.29, 1.82) is 0 Å². The Hall–Kier alpha value is -1.75. The number of carbonyl (C=O) groups is 2. The molecule has 1 aliphatic heterocycles. The second kappa shape index (κ2) is 8.92. The van der Waals surface area contributed by atoms with Crippen molar-refractivity contribution in [2.75, 3.05) is 32.8 Å². The van der Waals surface area contributed by atoms with Gasteiger partial charge in [-0.3, -0.25) is 4.79 Å². The van der Waals surface area contributed by atoms with Gasteiger partial charge in [-0.25, -0.2) is 4.79 Å². The molecule has 6 heteroatoms.